The Morgan fingerprint density at radius 2 is 1.72 bits per heavy atom. The van der Waals surface area contributed by atoms with Crippen LogP contribution < -0.4 is 5.32 Å². The minimum atomic E-state index is -2.73. The maximum absolute atomic E-state index is 12.4. The van der Waals surface area contributed by atoms with E-state index in [1.807, 2.05) is 30.3 Å². The maximum Gasteiger partial charge on any atom is 0.335 e. The van der Waals surface area contributed by atoms with Gasteiger partial charge in [0.25, 0.3) is 5.91 Å². The molecular formula is C17H18NO6P. The lowest BCUT2D eigenvalue weighted by Gasteiger charge is -2.17. The molecule has 8 heteroatoms. The van der Waals surface area contributed by atoms with E-state index in [0.717, 1.165) is 5.56 Å². The summed E-state index contributed by atoms with van der Waals surface area (Å²) in [5.74, 6) is -1.59. The quantitative estimate of drug-likeness (QED) is 0.621. The van der Waals surface area contributed by atoms with Crippen LogP contribution in [0, 0.1) is 0 Å². The fourth-order valence-electron chi connectivity index (χ4n) is 2.13. The zero-order valence-electron chi connectivity index (χ0n) is 13.2. The van der Waals surface area contributed by atoms with E-state index in [1.165, 1.54) is 24.3 Å². The first-order chi connectivity index (χ1) is 12.0. The van der Waals surface area contributed by atoms with Crippen molar-refractivity contribution in [2.45, 2.75) is 12.5 Å². The number of aliphatic hydroxyl groups excluding tert-OH is 1. The molecule has 2 rings (SSSR count). The minimum Gasteiger partial charge on any atom is -0.478 e. The average Bonchev–Trinajstić information content (AvgIpc) is 2.62. The first-order valence-corrected chi connectivity index (χ1v) is 9.00. The molecule has 0 saturated carbocycles. The first kappa shape index (κ1) is 18.9. The van der Waals surface area contributed by atoms with Crippen LogP contribution in [0.15, 0.2) is 54.6 Å². The van der Waals surface area contributed by atoms with Gasteiger partial charge in [0, 0.05) is 12.1 Å². The normalized spacial score (nSPS) is 13.0. The molecular weight excluding hydrogens is 345 g/mol. The number of hydrogen-bond donors (Lipinski definition) is 3. The van der Waals surface area contributed by atoms with Gasteiger partial charge in [-0.15, -0.1) is 0 Å². The smallest absolute Gasteiger partial charge is 0.335 e. The van der Waals surface area contributed by atoms with Crippen LogP contribution in [0.5, 0.6) is 0 Å². The number of aliphatic hydroxyl groups is 1. The Kier molecular flexibility index (Phi) is 6.89. The van der Waals surface area contributed by atoms with Crippen molar-refractivity contribution in [3.8, 4) is 0 Å². The zero-order valence-corrected chi connectivity index (χ0v) is 14.2. The van der Waals surface area contributed by atoms with E-state index in [1.54, 1.807) is 0 Å². The Morgan fingerprint density at radius 3 is 2.28 bits per heavy atom. The first-order valence-electron chi connectivity index (χ1n) is 7.48. The van der Waals surface area contributed by atoms with Gasteiger partial charge in [0.05, 0.1) is 5.56 Å². The van der Waals surface area contributed by atoms with Crippen molar-refractivity contribution in [1.29, 1.82) is 0 Å². The van der Waals surface area contributed by atoms with Crippen molar-refractivity contribution in [1.82, 2.24) is 0 Å². The fraction of sp³-hybridized carbons (Fsp3) is 0.176. The van der Waals surface area contributed by atoms with Crippen LogP contribution in [0.1, 0.15) is 15.9 Å². The van der Waals surface area contributed by atoms with Gasteiger partial charge in [-0.2, -0.15) is 0 Å². The van der Waals surface area contributed by atoms with Gasteiger partial charge < -0.3 is 20.1 Å². The summed E-state index contributed by atoms with van der Waals surface area (Å²) in [6.45, 7) is 0. The Labute approximate surface area is 145 Å². The van der Waals surface area contributed by atoms with Gasteiger partial charge in [0.2, 0.25) is 8.03 Å². The van der Waals surface area contributed by atoms with Gasteiger partial charge in [0.1, 0.15) is 12.5 Å². The number of hydrogen-bond acceptors (Lipinski definition) is 5. The molecule has 0 aliphatic rings. The molecule has 0 bridgehead atoms. The summed E-state index contributed by atoms with van der Waals surface area (Å²) in [5.41, 5.74) is 1.30. The number of carboxylic acids is 1. The molecule has 7 nitrogen and oxygen atoms in total. The van der Waals surface area contributed by atoms with Gasteiger partial charge >= 0.3 is 5.97 Å². The largest absolute Gasteiger partial charge is 0.478 e. The fourth-order valence-corrected chi connectivity index (χ4v) is 2.71. The molecule has 0 aliphatic heterocycles. The lowest BCUT2D eigenvalue weighted by molar-refractivity contribution is -0.122. The summed E-state index contributed by atoms with van der Waals surface area (Å²) in [6.07, 6.45) is -1.49. The van der Waals surface area contributed by atoms with E-state index in [0.29, 0.717) is 5.69 Å². The second-order valence-corrected chi connectivity index (χ2v) is 6.49. The molecule has 1 unspecified atom stereocenters. The van der Waals surface area contributed by atoms with Crippen molar-refractivity contribution in [2.75, 3.05) is 11.7 Å². The van der Waals surface area contributed by atoms with Crippen molar-refractivity contribution in [3.05, 3.63) is 65.7 Å². The van der Waals surface area contributed by atoms with Gasteiger partial charge in [0.15, 0.2) is 0 Å². The van der Waals surface area contributed by atoms with Crippen LogP contribution >= 0.6 is 8.03 Å². The SMILES string of the molecule is O=C(O)c1ccc(NC(=O)[C@H](Cc2ccccc2)O[PH](=O)CO)cc1. The summed E-state index contributed by atoms with van der Waals surface area (Å²) < 4.78 is 16.7. The highest BCUT2D eigenvalue weighted by atomic mass is 31.1. The highest BCUT2D eigenvalue weighted by Gasteiger charge is 2.22. The second kappa shape index (κ2) is 9.13. The number of amides is 1. The standard InChI is InChI=1S/C17H18NO6P/c19-11-25(23)24-15(10-12-4-2-1-3-5-12)16(20)18-14-8-6-13(7-9-14)17(21)22/h1-9,15,19,25H,10-11H2,(H,18,20)(H,21,22)/t15-/m0/s1. The number of aromatic carboxylic acids is 1. The van der Waals surface area contributed by atoms with E-state index in [9.17, 15) is 14.2 Å². The molecule has 132 valence electrons. The van der Waals surface area contributed by atoms with E-state index in [4.69, 9.17) is 14.7 Å². The molecule has 0 spiro atoms. The third-order valence-electron chi connectivity index (χ3n) is 3.36. The molecule has 0 aliphatic carbocycles. The van der Waals surface area contributed by atoms with Crippen LogP contribution in [0.25, 0.3) is 0 Å². The van der Waals surface area contributed by atoms with E-state index >= 15 is 0 Å². The van der Waals surface area contributed by atoms with Gasteiger partial charge in [-0.25, -0.2) is 4.79 Å². The molecule has 0 fully saturated rings. The second-order valence-electron chi connectivity index (χ2n) is 5.20. The summed E-state index contributed by atoms with van der Waals surface area (Å²) >= 11 is 0. The van der Waals surface area contributed by atoms with Crippen molar-refractivity contribution < 1.29 is 28.9 Å². The van der Waals surface area contributed by atoms with Gasteiger partial charge in [-0.05, 0) is 29.8 Å². The van der Waals surface area contributed by atoms with Crippen molar-refractivity contribution in [2.24, 2.45) is 0 Å². The zero-order chi connectivity index (χ0) is 18.2. The van der Waals surface area contributed by atoms with Crippen LogP contribution in [-0.2, 0) is 20.3 Å². The van der Waals surface area contributed by atoms with Crippen LogP contribution in [0.2, 0.25) is 0 Å². The minimum absolute atomic E-state index is 0.0976. The monoisotopic (exact) mass is 363 g/mol. The summed E-state index contributed by atoms with van der Waals surface area (Å²) in [4.78, 5) is 23.3. The number of rotatable bonds is 8. The molecule has 2 aromatic carbocycles. The Balaban J connectivity index is 2.10. The number of carbonyl (C=O) groups is 2. The van der Waals surface area contributed by atoms with E-state index < -0.39 is 32.4 Å². The van der Waals surface area contributed by atoms with Crippen molar-refractivity contribution >= 4 is 25.6 Å². The predicted octanol–water partition coefficient (Wildman–Crippen LogP) is 2.38. The molecule has 25 heavy (non-hydrogen) atoms. The topological polar surface area (TPSA) is 113 Å². The van der Waals surface area contributed by atoms with Crippen LogP contribution in [0.4, 0.5) is 5.69 Å². The molecule has 1 amide bonds. The lowest BCUT2D eigenvalue weighted by Crippen LogP contribution is -2.31. The molecule has 2 atom stereocenters. The highest BCUT2D eigenvalue weighted by Crippen LogP contribution is 2.25. The summed E-state index contributed by atoms with van der Waals surface area (Å²) in [5, 5.41) is 20.4. The maximum atomic E-state index is 12.4. The molecule has 0 heterocycles. The van der Waals surface area contributed by atoms with E-state index in [2.05, 4.69) is 5.32 Å². The number of nitrogens with one attached hydrogen (secondary N) is 1. The molecule has 0 saturated heterocycles. The predicted molar refractivity (Wildman–Crippen MR) is 93.1 cm³/mol. The lowest BCUT2D eigenvalue weighted by atomic mass is 10.1. The summed E-state index contributed by atoms with van der Waals surface area (Å²) in [7, 11) is -2.73. The third-order valence-corrected chi connectivity index (χ3v) is 4.16. The third kappa shape index (κ3) is 5.83. The Hall–Kier alpha value is -2.47. The number of anilines is 1. The Bertz CT molecular complexity index is 747. The van der Waals surface area contributed by atoms with Gasteiger partial charge in [-0.3, -0.25) is 9.36 Å². The highest BCUT2D eigenvalue weighted by molar-refractivity contribution is 7.38. The molecule has 3 N–H and O–H groups in total. The van der Waals surface area contributed by atoms with E-state index in [-0.39, 0.29) is 12.0 Å². The van der Waals surface area contributed by atoms with Crippen LogP contribution in [0.3, 0.4) is 0 Å². The number of benzene rings is 2. The van der Waals surface area contributed by atoms with Crippen molar-refractivity contribution in [3.63, 3.8) is 0 Å². The van der Waals surface area contributed by atoms with Crippen LogP contribution in [-0.4, -0.2) is 34.5 Å². The molecule has 0 radical (unpaired) electrons. The Morgan fingerprint density at radius 1 is 1.08 bits per heavy atom. The number of carbonyl (C=O) groups excluding carboxylic acids is 1. The molecule has 2 aromatic rings. The molecule has 0 aromatic heterocycles. The average molecular weight is 363 g/mol. The number of carboxylic acid groups (broad SMARTS) is 1. The van der Waals surface area contributed by atoms with Gasteiger partial charge in [-0.1, -0.05) is 30.3 Å². The summed E-state index contributed by atoms with van der Waals surface area (Å²) in [6, 6.07) is 14.7.